The van der Waals surface area contributed by atoms with Gasteiger partial charge in [0, 0.05) is 28.8 Å². The molecule has 0 aliphatic heterocycles. The number of thioether (sulfide) groups is 1. The first kappa shape index (κ1) is 24.6. The minimum Gasteiger partial charge on any atom is -0.423 e. The van der Waals surface area contributed by atoms with Gasteiger partial charge in [0.2, 0.25) is 0 Å². The molecule has 0 aliphatic carbocycles. The van der Waals surface area contributed by atoms with Crippen LogP contribution in [0.4, 0.5) is 0 Å². The first-order valence-corrected chi connectivity index (χ1v) is 12.9. The van der Waals surface area contributed by atoms with Crippen molar-refractivity contribution in [2.75, 3.05) is 0 Å². The topological polar surface area (TPSA) is 65.1 Å². The van der Waals surface area contributed by atoms with Crippen LogP contribution in [0.5, 0.6) is 0 Å². The molecule has 2 heterocycles. The Morgan fingerprint density at radius 2 is 1.82 bits per heavy atom. The SMILES string of the molecule is Cc1cc2oc(=O)cc(CSc3nc4cc(Cl)ccc4c(=O)n3CCC(C)C)c2cc1C(C)C. The molecule has 4 aromatic rings. The first-order chi connectivity index (χ1) is 16.1. The second-order valence-electron chi connectivity index (χ2n) is 9.43. The lowest BCUT2D eigenvalue weighted by molar-refractivity contribution is 0.481. The molecule has 0 saturated carbocycles. The average Bonchev–Trinajstić information content (AvgIpc) is 2.75. The molecule has 5 nitrogen and oxygen atoms in total. The molecule has 0 bridgehead atoms. The highest BCUT2D eigenvalue weighted by atomic mass is 35.5. The molecule has 0 spiro atoms. The average molecular weight is 497 g/mol. The van der Waals surface area contributed by atoms with Crippen LogP contribution in [0, 0.1) is 12.8 Å². The fourth-order valence-corrected chi connectivity index (χ4v) is 5.33. The van der Waals surface area contributed by atoms with E-state index < -0.39 is 0 Å². The molecule has 2 aromatic carbocycles. The van der Waals surface area contributed by atoms with Crippen LogP contribution < -0.4 is 11.2 Å². The maximum atomic E-state index is 13.3. The highest BCUT2D eigenvalue weighted by Crippen LogP contribution is 2.30. The summed E-state index contributed by atoms with van der Waals surface area (Å²) in [7, 11) is 0. The fraction of sp³-hybridized carbons (Fsp3) is 0.370. The molecular weight excluding hydrogens is 468 g/mol. The molecule has 178 valence electrons. The minimum absolute atomic E-state index is 0.0695. The van der Waals surface area contributed by atoms with Crippen molar-refractivity contribution in [3.05, 3.63) is 78.9 Å². The van der Waals surface area contributed by atoms with Crippen LogP contribution in [0.25, 0.3) is 21.9 Å². The standard InChI is InChI=1S/C27H29ClN2O3S/c1-15(2)8-9-30-26(32)20-7-6-19(28)12-23(20)29-27(30)34-14-18-11-25(31)33-24-10-17(5)21(16(3)4)13-22(18)24/h6-7,10-13,15-16H,8-9,14H2,1-5H3. The zero-order chi connectivity index (χ0) is 24.6. The normalized spacial score (nSPS) is 11.9. The molecule has 7 heteroatoms. The van der Waals surface area contributed by atoms with Crippen LogP contribution in [0.15, 0.2) is 55.6 Å². The van der Waals surface area contributed by atoms with Gasteiger partial charge >= 0.3 is 5.63 Å². The Bertz CT molecular complexity index is 1490. The zero-order valence-corrected chi connectivity index (χ0v) is 21.7. The minimum atomic E-state index is -0.379. The van der Waals surface area contributed by atoms with E-state index in [1.54, 1.807) is 28.8 Å². The van der Waals surface area contributed by atoms with Crippen LogP contribution >= 0.6 is 23.4 Å². The lowest BCUT2D eigenvalue weighted by Crippen LogP contribution is -2.24. The third-order valence-electron chi connectivity index (χ3n) is 6.01. The number of nitrogens with zero attached hydrogens (tertiary/aromatic N) is 2. The Labute approximate surface area is 208 Å². The van der Waals surface area contributed by atoms with Crippen molar-refractivity contribution < 1.29 is 4.42 Å². The van der Waals surface area contributed by atoms with Crippen molar-refractivity contribution in [2.24, 2.45) is 5.92 Å². The second-order valence-corrected chi connectivity index (χ2v) is 10.8. The van der Waals surface area contributed by atoms with E-state index >= 15 is 0 Å². The van der Waals surface area contributed by atoms with Crippen molar-refractivity contribution in [2.45, 2.75) is 64.4 Å². The number of aryl methyl sites for hydroxylation is 1. The smallest absolute Gasteiger partial charge is 0.336 e. The van der Waals surface area contributed by atoms with Gasteiger partial charge in [-0.15, -0.1) is 0 Å². The summed E-state index contributed by atoms with van der Waals surface area (Å²) in [4.78, 5) is 30.4. The Hall–Kier alpha value is -2.57. The van der Waals surface area contributed by atoms with Gasteiger partial charge in [-0.05, 0) is 72.2 Å². The Morgan fingerprint density at radius 3 is 2.53 bits per heavy atom. The molecule has 0 atom stereocenters. The molecule has 0 radical (unpaired) electrons. The van der Waals surface area contributed by atoms with E-state index in [0.717, 1.165) is 22.9 Å². The molecule has 0 amide bonds. The molecule has 0 fully saturated rings. The van der Waals surface area contributed by atoms with Gasteiger partial charge in [-0.2, -0.15) is 0 Å². The monoisotopic (exact) mass is 496 g/mol. The van der Waals surface area contributed by atoms with Crippen LogP contribution in [0.3, 0.4) is 0 Å². The van der Waals surface area contributed by atoms with Gasteiger partial charge < -0.3 is 4.42 Å². The summed E-state index contributed by atoms with van der Waals surface area (Å²) >= 11 is 7.63. The molecule has 0 unspecified atom stereocenters. The Morgan fingerprint density at radius 1 is 1.06 bits per heavy atom. The predicted octanol–water partition coefficient (Wildman–Crippen LogP) is 6.93. The summed E-state index contributed by atoms with van der Waals surface area (Å²) in [5.74, 6) is 1.29. The number of rotatable bonds is 7. The maximum absolute atomic E-state index is 13.3. The lowest BCUT2D eigenvalue weighted by Gasteiger charge is -2.15. The molecule has 0 aliphatic rings. The van der Waals surface area contributed by atoms with Gasteiger partial charge in [-0.1, -0.05) is 51.1 Å². The number of fused-ring (bicyclic) bond motifs is 2. The van der Waals surface area contributed by atoms with Gasteiger partial charge in [0.25, 0.3) is 5.56 Å². The first-order valence-electron chi connectivity index (χ1n) is 11.5. The van der Waals surface area contributed by atoms with Gasteiger partial charge in [0.05, 0.1) is 10.9 Å². The van der Waals surface area contributed by atoms with Crippen molar-refractivity contribution in [1.82, 2.24) is 9.55 Å². The van der Waals surface area contributed by atoms with E-state index in [0.29, 0.717) is 50.8 Å². The van der Waals surface area contributed by atoms with Gasteiger partial charge in [-0.3, -0.25) is 9.36 Å². The number of aromatic nitrogens is 2. The summed E-state index contributed by atoms with van der Waals surface area (Å²) in [5, 5.41) is 2.64. The van der Waals surface area contributed by atoms with Crippen LogP contribution in [-0.4, -0.2) is 9.55 Å². The summed E-state index contributed by atoms with van der Waals surface area (Å²) in [6.07, 6.45) is 0.864. The molecular formula is C27H29ClN2O3S. The highest BCUT2D eigenvalue weighted by Gasteiger charge is 2.16. The number of hydrogen-bond acceptors (Lipinski definition) is 5. The van der Waals surface area contributed by atoms with Gasteiger partial charge in [-0.25, -0.2) is 9.78 Å². The molecule has 2 aromatic heterocycles. The van der Waals surface area contributed by atoms with Crippen molar-refractivity contribution >= 4 is 45.2 Å². The van der Waals surface area contributed by atoms with E-state index in [2.05, 4.69) is 33.8 Å². The quantitative estimate of drug-likeness (QED) is 0.158. The fourth-order valence-electron chi connectivity index (χ4n) is 4.14. The summed E-state index contributed by atoms with van der Waals surface area (Å²) in [6, 6.07) is 10.8. The Balaban J connectivity index is 1.79. The van der Waals surface area contributed by atoms with E-state index in [1.807, 2.05) is 13.0 Å². The third-order valence-corrected chi connectivity index (χ3v) is 7.27. The lowest BCUT2D eigenvalue weighted by atomic mass is 9.95. The van der Waals surface area contributed by atoms with E-state index in [-0.39, 0.29) is 11.2 Å². The second kappa shape index (κ2) is 9.96. The number of benzene rings is 2. The zero-order valence-electron chi connectivity index (χ0n) is 20.1. The molecule has 4 rings (SSSR count). The molecule has 34 heavy (non-hydrogen) atoms. The largest absolute Gasteiger partial charge is 0.423 e. The summed E-state index contributed by atoms with van der Waals surface area (Å²) in [6.45, 7) is 11.2. The number of hydrogen-bond donors (Lipinski definition) is 0. The summed E-state index contributed by atoms with van der Waals surface area (Å²) < 4.78 is 7.25. The van der Waals surface area contributed by atoms with E-state index in [4.69, 9.17) is 21.0 Å². The van der Waals surface area contributed by atoms with Crippen LogP contribution in [0.1, 0.15) is 56.7 Å². The predicted molar refractivity (Wildman–Crippen MR) is 141 cm³/mol. The maximum Gasteiger partial charge on any atom is 0.336 e. The van der Waals surface area contributed by atoms with Crippen molar-refractivity contribution in [3.8, 4) is 0 Å². The van der Waals surface area contributed by atoms with E-state index in [1.165, 1.54) is 17.3 Å². The van der Waals surface area contributed by atoms with Crippen LogP contribution in [-0.2, 0) is 12.3 Å². The van der Waals surface area contributed by atoms with Crippen molar-refractivity contribution in [1.29, 1.82) is 0 Å². The van der Waals surface area contributed by atoms with Gasteiger partial charge in [0.15, 0.2) is 5.16 Å². The summed E-state index contributed by atoms with van der Waals surface area (Å²) in [5.41, 5.74) is 3.91. The van der Waals surface area contributed by atoms with Gasteiger partial charge in [0.1, 0.15) is 5.58 Å². The molecule has 0 saturated heterocycles. The number of halogens is 1. The highest BCUT2D eigenvalue weighted by molar-refractivity contribution is 7.98. The third kappa shape index (κ3) is 5.08. The van der Waals surface area contributed by atoms with E-state index in [9.17, 15) is 9.59 Å². The molecule has 0 N–H and O–H groups in total. The van der Waals surface area contributed by atoms with Crippen molar-refractivity contribution in [3.63, 3.8) is 0 Å². The van der Waals surface area contributed by atoms with Crippen LogP contribution in [0.2, 0.25) is 5.02 Å². The Kier molecular flexibility index (Phi) is 7.20.